The Morgan fingerprint density at radius 3 is 1.55 bits per heavy atom. The summed E-state index contributed by atoms with van der Waals surface area (Å²) in [5.41, 5.74) is 0. The Bertz CT molecular complexity index is 549. The van der Waals surface area contributed by atoms with Gasteiger partial charge in [-0.15, -0.1) is 0 Å². The zero-order valence-corrected chi connectivity index (χ0v) is 11.7. The maximum Gasteiger partial charge on any atom is 0.327 e. The second kappa shape index (κ2) is 9.82. The van der Waals surface area contributed by atoms with Gasteiger partial charge in [-0.2, -0.15) is 0 Å². The van der Waals surface area contributed by atoms with Crippen molar-refractivity contribution in [1.29, 1.82) is 0 Å². The lowest BCUT2D eigenvalue weighted by atomic mass is 10.3. The highest BCUT2D eigenvalue weighted by Crippen LogP contribution is 2.01. The Balaban J connectivity index is 0.000000220. The minimum atomic E-state index is -0.934. The van der Waals surface area contributed by atoms with Gasteiger partial charge < -0.3 is 19.0 Å². The van der Waals surface area contributed by atoms with E-state index in [0.29, 0.717) is 12.8 Å². The van der Waals surface area contributed by atoms with Gasteiger partial charge in [-0.05, 0) is 24.3 Å². The topological polar surface area (TPSA) is 101 Å². The average Bonchev–Trinajstić information content (AvgIpc) is 3.11. The van der Waals surface area contributed by atoms with Gasteiger partial charge >= 0.3 is 11.9 Å². The maximum absolute atomic E-state index is 10.0. The molecule has 0 aliphatic rings. The van der Waals surface area contributed by atoms with Gasteiger partial charge in [0.05, 0.1) is 12.5 Å². The molecule has 0 saturated heterocycles. The number of allylic oxidation sites excluding steroid dienone is 2. The smallest absolute Gasteiger partial charge is 0.327 e. The maximum atomic E-state index is 10.0. The summed E-state index contributed by atoms with van der Waals surface area (Å²) in [6.07, 6.45) is 9.46. The predicted octanol–water partition coefficient (Wildman–Crippen LogP) is 2.93. The normalized spacial score (nSPS) is 10.5. The fourth-order valence-corrected chi connectivity index (χ4v) is 1.41. The third-order valence-electron chi connectivity index (χ3n) is 2.32. The number of furan rings is 2. The van der Waals surface area contributed by atoms with Gasteiger partial charge in [0.25, 0.3) is 0 Å². The second-order valence-corrected chi connectivity index (χ2v) is 4.05. The number of carboxylic acid groups (broad SMARTS) is 2. The molecule has 22 heavy (non-hydrogen) atoms. The zero-order valence-electron chi connectivity index (χ0n) is 11.7. The van der Waals surface area contributed by atoms with Crippen LogP contribution in [0.2, 0.25) is 0 Å². The van der Waals surface area contributed by atoms with Crippen LogP contribution in [0.1, 0.15) is 11.5 Å². The highest BCUT2D eigenvalue weighted by molar-refractivity contribution is 5.80. The molecule has 2 aromatic rings. The summed E-state index contributed by atoms with van der Waals surface area (Å²) in [5.74, 6) is -0.335. The highest BCUT2D eigenvalue weighted by atomic mass is 16.4. The predicted molar refractivity (Wildman–Crippen MR) is 78.4 cm³/mol. The standard InChI is InChI=1S/2C8H8O3/c2*9-8(10)5-1-3-7-4-2-6-11-7/h2*1-2,4-6H,3H2,(H,9,10). The third kappa shape index (κ3) is 8.21. The van der Waals surface area contributed by atoms with Gasteiger partial charge in [0.1, 0.15) is 11.5 Å². The molecule has 0 aliphatic heterocycles. The largest absolute Gasteiger partial charge is 0.478 e. The molecular formula is C16H16O6. The van der Waals surface area contributed by atoms with E-state index in [1.54, 1.807) is 48.9 Å². The van der Waals surface area contributed by atoms with Gasteiger partial charge in [0.15, 0.2) is 0 Å². The molecule has 0 spiro atoms. The molecule has 2 aromatic heterocycles. The Hall–Kier alpha value is -3.02. The van der Waals surface area contributed by atoms with Crippen molar-refractivity contribution >= 4 is 11.9 Å². The van der Waals surface area contributed by atoms with E-state index in [1.807, 2.05) is 0 Å². The van der Waals surface area contributed by atoms with Crippen molar-refractivity contribution in [3.8, 4) is 0 Å². The summed E-state index contributed by atoms with van der Waals surface area (Å²) in [4.78, 5) is 20.0. The summed E-state index contributed by atoms with van der Waals surface area (Å²) in [6.45, 7) is 0. The molecule has 0 bridgehead atoms. The number of carbonyl (C=O) groups is 2. The van der Waals surface area contributed by atoms with E-state index in [-0.39, 0.29) is 0 Å². The van der Waals surface area contributed by atoms with E-state index in [9.17, 15) is 9.59 Å². The second-order valence-electron chi connectivity index (χ2n) is 4.05. The van der Waals surface area contributed by atoms with Gasteiger partial charge in [0, 0.05) is 25.0 Å². The van der Waals surface area contributed by atoms with Crippen molar-refractivity contribution in [2.75, 3.05) is 0 Å². The quantitative estimate of drug-likeness (QED) is 0.796. The molecule has 0 radical (unpaired) electrons. The van der Waals surface area contributed by atoms with Crippen molar-refractivity contribution < 1.29 is 28.6 Å². The van der Waals surface area contributed by atoms with E-state index in [1.165, 1.54) is 0 Å². The van der Waals surface area contributed by atoms with Crippen LogP contribution in [0.25, 0.3) is 0 Å². The van der Waals surface area contributed by atoms with Gasteiger partial charge in [-0.25, -0.2) is 9.59 Å². The number of carboxylic acids is 2. The average molecular weight is 304 g/mol. The Morgan fingerprint density at radius 1 is 0.864 bits per heavy atom. The molecule has 116 valence electrons. The van der Waals surface area contributed by atoms with Crippen molar-refractivity contribution in [2.45, 2.75) is 12.8 Å². The molecule has 0 aliphatic carbocycles. The first-order valence-electron chi connectivity index (χ1n) is 6.41. The van der Waals surface area contributed by atoms with E-state index >= 15 is 0 Å². The first-order chi connectivity index (χ1) is 10.6. The van der Waals surface area contributed by atoms with Crippen LogP contribution in [0.4, 0.5) is 0 Å². The first-order valence-corrected chi connectivity index (χ1v) is 6.41. The van der Waals surface area contributed by atoms with Crippen LogP contribution in [-0.4, -0.2) is 22.2 Å². The number of rotatable bonds is 6. The van der Waals surface area contributed by atoms with E-state index in [0.717, 1.165) is 23.7 Å². The molecule has 2 rings (SSSR count). The van der Waals surface area contributed by atoms with Crippen LogP contribution in [0, 0.1) is 0 Å². The number of hydrogen-bond acceptors (Lipinski definition) is 4. The minimum absolute atomic E-state index is 0.527. The molecule has 0 fully saturated rings. The van der Waals surface area contributed by atoms with Crippen LogP contribution in [0.5, 0.6) is 0 Å². The zero-order chi connectivity index (χ0) is 16.2. The van der Waals surface area contributed by atoms with E-state index < -0.39 is 11.9 Å². The molecular weight excluding hydrogens is 288 g/mol. The summed E-state index contributed by atoms with van der Waals surface area (Å²) in [6, 6.07) is 7.13. The SMILES string of the molecule is O=C(O)C=CCc1ccco1.O=C(O)C=CCc1ccco1. The van der Waals surface area contributed by atoms with Crippen LogP contribution in [-0.2, 0) is 22.4 Å². The molecule has 0 unspecified atom stereocenters. The molecule has 2 heterocycles. The van der Waals surface area contributed by atoms with Crippen molar-refractivity contribution in [1.82, 2.24) is 0 Å². The van der Waals surface area contributed by atoms with Crippen LogP contribution in [0.3, 0.4) is 0 Å². The van der Waals surface area contributed by atoms with Crippen LogP contribution >= 0.6 is 0 Å². The van der Waals surface area contributed by atoms with Crippen molar-refractivity contribution in [3.05, 3.63) is 72.6 Å². The summed E-state index contributed by atoms with van der Waals surface area (Å²) in [7, 11) is 0. The molecule has 0 aromatic carbocycles. The molecule has 2 N–H and O–H groups in total. The van der Waals surface area contributed by atoms with Gasteiger partial charge in [0.2, 0.25) is 0 Å². The molecule has 0 atom stereocenters. The van der Waals surface area contributed by atoms with Crippen LogP contribution in [0.15, 0.2) is 69.9 Å². The Morgan fingerprint density at radius 2 is 1.27 bits per heavy atom. The van der Waals surface area contributed by atoms with Crippen molar-refractivity contribution in [2.24, 2.45) is 0 Å². The molecule has 0 amide bonds. The Labute approximate surface area is 127 Å². The third-order valence-corrected chi connectivity index (χ3v) is 2.32. The molecule has 6 nitrogen and oxygen atoms in total. The minimum Gasteiger partial charge on any atom is -0.478 e. The lowest BCUT2D eigenvalue weighted by molar-refractivity contribution is -0.132. The fourth-order valence-electron chi connectivity index (χ4n) is 1.41. The monoisotopic (exact) mass is 304 g/mol. The Kier molecular flexibility index (Phi) is 7.60. The van der Waals surface area contributed by atoms with Gasteiger partial charge in [-0.1, -0.05) is 12.2 Å². The first kappa shape index (κ1) is 17.0. The van der Waals surface area contributed by atoms with Crippen LogP contribution < -0.4 is 0 Å². The number of aliphatic carboxylic acids is 2. The van der Waals surface area contributed by atoms with E-state index in [4.69, 9.17) is 19.0 Å². The fraction of sp³-hybridized carbons (Fsp3) is 0.125. The molecule has 0 saturated carbocycles. The summed E-state index contributed by atoms with van der Waals surface area (Å²) >= 11 is 0. The lowest BCUT2D eigenvalue weighted by Gasteiger charge is -1.84. The van der Waals surface area contributed by atoms with Gasteiger partial charge in [-0.3, -0.25) is 0 Å². The summed E-state index contributed by atoms with van der Waals surface area (Å²) in [5, 5.41) is 16.4. The van der Waals surface area contributed by atoms with Crippen molar-refractivity contribution in [3.63, 3.8) is 0 Å². The lowest BCUT2D eigenvalue weighted by Crippen LogP contribution is -1.86. The highest BCUT2D eigenvalue weighted by Gasteiger charge is 1.91. The number of hydrogen-bond donors (Lipinski definition) is 2. The van der Waals surface area contributed by atoms with E-state index in [2.05, 4.69) is 0 Å². The summed E-state index contributed by atoms with van der Waals surface area (Å²) < 4.78 is 9.94. The molecule has 6 heteroatoms.